The van der Waals surface area contributed by atoms with Crippen molar-refractivity contribution in [3.8, 4) is 0 Å². The zero-order chi connectivity index (χ0) is 19.2. The van der Waals surface area contributed by atoms with Gasteiger partial charge in [-0.15, -0.1) is 11.8 Å². The molecule has 0 radical (unpaired) electrons. The van der Waals surface area contributed by atoms with Crippen LogP contribution >= 0.6 is 35.3 Å². The van der Waals surface area contributed by atoms with Crippen LogP contribution in [0.2, 0.25) is 0 Å². The van der Waals surface area contributed by atoms with Gasteiger partial charge in [0.05, 0.1) is 5.69 Å². The minimum absolute atomic E-state index is 0.0632. The molecule has 0 aromatic heterocycles. The van der Waals surface area contributed by atoms with E-state index in [1.165, 1.54) is 29.6 Å². The largest absolute Gasteiger partial charge is 0.351 e. The first-order chi connectivity index (χ1) is 13.0. The number of carbonyl (C=O) groups is 2. The Morgan fingerprint density at radius 1 is 1.22 bits per heavy atom. The number of carbonyl (C=O) groups excluding carboxylic acids is 2. The summed E-state index contributed by atoms with van der Waals surface area (Å²) in [7, 11) is 0. The molecule has 2 aromatic carbocycles. The van der Waals surface area contributed by atoms with Gasteiger partial charge in [-0.1, -0.05) is 41.7 Å². The van der Waals surface area contributed by atoms with E-state index in [1.807, 2.05) is 24.3 Å². The van der Waals surface area contributed by atoms with E-state index in [9.17, 15) is 18.4 Å². The number of fused-ring (bicyclic) bond motifs is 1. The van der Waals surface area contributed by atoms with Gasteiger partial charge in [0.25, 0.3) is 11.7 Å². The fraction of sp³-hybridized carbons (Fsp3) is 0.222. The summed E-state index contributed by atoms with van der Waals surface area (Å²) in [6.07, 6.45) is 0. The summed E-state index contributed by atoms with van der Waals surface area (Å²) in [6, 6.07) is 13.8. The number of hydrogen-bond acceptors (Lipinski definition) is 5. The normalized spacial score (nSPS) is 16.0. The van der Waals surface area contributed by atoms with Crippen LogP contribution in [0.15, 0.2) is 58.3 Å². The third-order valence-corrected chi connectivity index (χ3v) is 6.97. The predicted octanol–water partition coefficient (Wildman–Crippen LogP) is 4.53. The van der Waals surface area contributed by atoms with Crippen LogP contribution in [0.5, 0.6) is 0 Å². The lowest BCUT2D eigenvalue weighted by Gasteiger charge is -2.23. The molecule has 9 heteroatoms. The highest BCUT2D eigenvalue weighted by atomic mass is 32.2. The first kappa shape index (κ1) is 20.0. The molecule has 0 bridgehead atoms. The standard InChI is InChI=1S/C18H16F2N2O2S3/c19-18(20)26-12-5-3-4-11(10-12)15(23)21-8-9-25-17-16(24)22-13-6-1-2-7-14(13)27-17/h1-7,10,17-18H,8-9H2,(H,21,23)(H,22,24). The Labute approximate surface area is 168 Å². The molecule has 0 aliphatic carbocycles. The summed E-state index contributed by atoms with van der Waals surface area (Å²) in [5, 5.41) is 5.63. The molecule has 0 saturated carbocycles. The molecule has 0 fully saturated rings. The number of benzene rings is 2. The number of rotatable bonds is 7. The molecule has 4 nitrogen and oxygen atoms in total. The number of para-hydroxylation sites is 1. The lowest BCUT2D eigenvalue weighted by Crippen LogP contribution is -2.29. The maximum Gasteiger partial charge on any atom is 0.288 e. The smallest absolute Gasteiger partial charge is 0.288 e. The van der Waals surface area contributed by atoms with Crippen molar-refractivity contribution in [1.29, 1.82) is 0 Å². The van der Waals surface area contributed by atoms with Crippen molar-refractivity contribution in [3.63, 3.8) is 0 Å². The number of alkyl halides is 2. The summed E-state index contributed by atoms with van der Waals surface area (Å²) in [5.41, 5.74) is 1.16. The van der Waals surface area contributed by atoms with E-state index in [2.05, 4.69) is 10.6 Å². The Hall–Kier alpha value is -1.71. The Balaban J connectivity index is 1.46. The predicted molar refractivity (Wildman–Crippen MR) is 108 cm³/mol. The summed E-state index contributed by atoms with van der Waals surface area (Å²) in [5.74, 6) is -2.35. The molecule has 2 N–H and O–H groups in total. The fourth-order valence-corrected chi connectivity index (χ4v) is 5.26. The highest BCUT2D eigenvalue weighted by molar-refractivity contribution is 8.18. The second-order valence-electron chi connectivity index (χ2n) is 5.47. The van der Waals surface area contributed by atoms with Crippen LogP contribution in [0.1, 0.15) is 10.4 Å². The van der Waals surface area contributed by atoms with Crippen molar-refractivity contribution in [3.05, 3.63) is 54.1 Å². The van der Waals surface area contributed by atoms with Crippen molar-refractivity contribution in [1.82, 2.24) is 5.32 Å². The van der Waals surface area contributed by atoms with Crippen molar-refractivity contribution in [2.24, 2.45) is 0 Å². The van der Waals surface area contributed by atoms with Gasteiger partial charge in [-0.25, -0.2) is 0 Å². The number of nitrogens with one attached hydrogen (secondary N) is 2. The molecule has 1 heterocycles. The number of thioether (sulfide) groups is 3. The van der Waals surface area contributed by atoms with Gasteiger partial charge >= 0.3 is 0 Å². The minimum Gasteiger partial charge on any atom is -0.351 e. The molecule has 2 amide bonds. The number of hydrogen-bond donors (Lipinski definition) is 2. The van der Waals surface area contributed by atoms with Crippen molar-refractivity contribution in [2.75, 3.05) is 17.6 Å². The molecule has 2 aromatic rings. The maximum atomic E-state index is 12.4. The van der Waals surface area contributed by atoms with Crippen LogP contribution in [0, 0.1) is 0 Å². The van der Waals surface area contributed by atoms with Gasteiger partial charge in [-0.05, 0) is 30.3 Å². The van der Waals surface area contributed by atoms with E-state index >= 15 is 0 Å². The molecule has 1 aliphatic heterocycles. The topological polar surface area (TPSA) is 58.2 Å². The average molecular weight is 427 g/mol. The SMILES string of the molecule is O=C(NCCSC1Sc2ccccc2NC1=O)c1cccc(SC(F)F)c1. The van der Waals surface area contributed by atoms with Crippen LogP contribution in [-0.4, -0.2) is 34.5 Å². The Morgan fingerprint density at radius 3 is 2.85 bits per heavy atom. The van der Waals surface area contributed by atoms with E-state index in [0.29, 0.717) is 34.5 Å². The molecule has 3 rings (SSSR count). The third-order valence-electron chi connectivity index (χ3n) is 3.57. The van der Waals surface area contributed by atoms with Gasteiger partial charge in [0.2, 0.25) is 5.91 Å². The molecular weight excluding hydrogens is 410 g/mol. The molecule has 1 aliphatic rings. The van der Waals surface area contributed by atoms with E-state index in [1.54, 1.807) is 18.2 Å². The number of anilines is 1. The molecule has 1 atom stereocenters. The van der Waals surface area contributed by atoms with Crippen molar-refractivity contribution in [2.45, 2.75) is 20.1 Å². The van der Waals surface area contributed by atoms with Gasteiger partial charge in [-0.3, -0.25) is 9.59 Å². The second-order valence-corrected chi connectivity index (χ2v) is 9.19. The molecule has 0 spiro atoms. The molecule has 27 heavy (non-hydrogen) atoms. The Kier molecular flexibility index (Phi) is 7.03. The minimum atomic E-state index is -2.52. The summed E-state index contributed by atoms with van der Waals surface area (Å²) in [4.78, 5) is 25.7. The summed E-state index contributed by atoms with van der Waals surface area (Å²) >= 11 is 3.35. The van der Waals surface area contributed by atoms with E-state index in [0.717, 1.165) is 10.6 Å². The third kappa shape index (κ3) is 5.63. The highest BCUT2D eigenvalue weighted by Gasteiger charge is 2.26. The highest BCUT2D eigenvalue weighted by Crippen LogP contribution is 2.39. The first-order valence-electron chi connectivity index (χ1n) is 8.04. The van der Waals surface area contributed by atoms with Gasteiger partial charge in [0.15, 0.2) is 0 Å². The van der Waals surface area contributed by atoms with Crippen LogP contribution in [0.3, 0.4) is 0 Å². The van der Waals surface area contributed by atoms with E-state index < -0.39 is 5.76 Å². The lowest BCUT2D eigenvalue weighted by atomic mass is 10.2. The second kappa shape index (κ2) is 9.48. The number of halogens is 2. The lowest BCUT2D eigenvalue weighted by molar-refractivity contribution is -0.114. The summed E-state index contributed by atoms with van der Waals surface area (Å²) in [6.45, 7) is 0.377. The number of amides is 2. The Morgan fingerprint density at radius 2 is 2.04 bits per heavy atom. The maximum absolute atomic E-state index is 12.4. The van der Waals surface area contributed by atoms with Gasteiger partial charge in [-0.2, -0.15) is 8.78 Å². The van der Waals surface area contributed by atoms with Crippen LogP contribution in [-0.2, 0) is 4.79 Å². The monoisotopic (exact) mass is 426 g/mol. The molecular formula is C18H16F2N2O2S3. The van der Waals surface area contributed by atoms with Crippen LogP contribution in [0.4, 0.5) is 14.5 Å². The fourth-order valence-electron chi connectivity index (χ4n) is 2.39. The van der Waals surface area contributed by atoms with Crippen molar-refractivity contribution >= 4 is 52.8 Å². The van der Waals surface area contributed by atoms with Crippen molar-refractivity contribution < 1.29 is 18.4 Å². The van der Waals surface area contributed by atoms with E-state index in [-0.39, 0.29) is 16.4 Å². The van der Waals surface area contributed by atoms with Gasteiger partial charge in [0.1, 0.15) is 4.58 Å². The van der Waals surface area contributed by atoms with Gasteiger partial charge in [0, 0.05) is 27.7 Å². The zero-order valence-electron chi connectivity index (χ0n) is 14.0. The summed E-state index contributed by atoms with van der Waals surface area (Å²) < 4.78 is 24.6. The van der Waals surface area contributed by atoms with E-state index in [4.69, 9.17) is 0 Å². The molecule has 142 valence electrons. The quantitative estimate of drug-likeness (QED) is 0.503. The molecule has 1 unspecified atom stereocenters. The van der Waals surface area contributed by atoms with Gasteiger partial charge < -0.3 is 10.6 Å². The van der Waals surface area contributed by atoms with Crippen LogP contribution < -0.4 is 10.6 Å². The van der Waals surface area contributed by atoms with Crippen LogP contribution in [0.25, 0.3) is 0 Å². The Bertz CT molecular complexity index is 836. The average Bonchev–Trinajstić information content (AvgIpc) is 2.65. The molecule has 0 saturated heterocycles. The zero-order valence-corrected chi connectivity index (χ0v) is 16.4. The first-order valence-corrected chi connectivity index (χ1v) is 10.8.